The van der Waals surface area contributed by atoms with E-state index in [0.29, 0.717) is 17.7 Å². The normalized spacial score (nSPS) is 26.2. The third-order valence-electron chi connectivity index (χ3n) is 3.15. The van der Waals surface area contributed by atoms with Gasteiger partial charge < -0.3 is 9.47 Å². The minimum Gasteiger partial charge on any atom is -0.476 e. The molecule has 6 nitrogen and oxygen atoms in total. The second kappa shape index (κ2) is 5.88. The minimum atomic E-state index is -0.509. The van der Waals surface area contributed by atoms with Gasteiger partial charge in [0.1, 0.15) is 6.10 Å². The van der Waals surface area contributed by atoms with Crippen molar-refractivity contribution >= 4 is 22.8 Å². The number of carbonyl (C=O) groups excluding carboxylic acids is 1. The summed E-state index contributed by atoms with van der Waals surface area (Å²) < 4.78 is 11.4. The van der Waals surface area contributed by atoms with Crippen molar-refractivity contribution in [2.75, 3.05) is 0 Å². The van der Waals surface area contributed by atoms with Crippen LogP contribution in [0.15, 0.2) is 6.07 Å². The number of ether oxygens (including phenoxy) is 2. The first-order chi connectivity index (χ1) is 9.36. The van der Waals surface area contributed by atoms with Crippen LogP contribution in [0.25, 0.3) is 0 Å². The number of carbonyl (C=O) groups is 1. The van der Waals surface area contributed by atoms with Gasteiger partial charge in [0, 0.05) is 18.9 Å². The molecular weight excluding hydrogens is 282 g/mol. The highest BCUT2D eigenvalue weighted by molar-refractivity contribution is 7.16. The highest BCUT2D eigenvalue weighted by Crippen LogP contribution is 2.39. The van der Waals surface area contributed by atoms with Gasteiger partial charge in [-0.05, 0) is 20.8 Å². The third-order valence-corrected chi connectivity index (χ3v) is 4.27. The summed E-state index contributed by atoms with van der Waals surface area (Å²) in [6.07, 6.45) is 1.39. The van der Waals surface area contributed by atoms with Gasteiger partial charge in [-0.3, -0.25) is 14.9 Å². The van der Waals surface area contributed by atoms with Crippen LogP contribution in [0.1, 0.15) is 43.3 Å². The largest absolute Gasteiger partial charge is 0.476 e. The fraction of sp³-hybridized carbons (Fsp3) is 0.615. The summed E-state index contributed by atoms with van der Waals surface area (Å²) in [7, 11) is 0. The smallest absolute Gasteiger partial charge is 0.323 e. The van der Waals surface area contributed by atoms with Crippen LogP contribution in [0, 0.1) is 10.1 Å². The highest BCUT2D eigenvalue weighted by atomic mass is 32.1. The van der Waals surface area contributed by atoms with Crippen LogP contribution in [0.2, 0.25) is 0 Å². The maximum absolute atomic E-state index is 11.3. The molecular formula is C13H17NO5S. The zero-order valence-electron chi connectivity index (χ0n) is 11.6. The number of thiophene rings is 1. The van der Waals surface area contributed by atoms with Gasteiger partial charge in [-0.1, -0.05) is 11.3 Å². The second-order valence-electron chi connectivity index (χ2n) is 5.07. The molecule has 0 amide bonds. The Kier molecular flexibility index (Phi) is 4.39. The van der Waals surface area contributed by atoms with Crippen LogP contribution in [0.3, 0.4) is 0 Å². The first-order valence-electron chi connectivity index (χ1n) is 6.48. The van der Waals surface area contributed by atoms with Crippen molar-refractivity contribution in [2.24, 2.45) is 0 Å². The summed E-state index contributed by atoms with van der Waals surface area (Å²) >= 11 is 1.04. The summed E-state index contributed by atoms with van der Waals surface area (Å²) in [4.78, 5) is 22.2. The van der Waals surface area contributed by atoms with Crippen LogP contribution in [-0.4, -0.2) is 29.0 Å². The van der Waals surface area contributed by atoms with Crippen LogP contribution < -0.4 is 4.74 Å². The van der Waals surface area contributed by atoms with E-state index in [4.69, 9.17) is 9.47 Å². The van der Waals surface area contributed by atoms with Crippen LogP contribution in [0.4, 0.5) is 5.69 Å². The Morgan fingerprint density at radius 2 is 2.05 bits per heavy atom. The van der Waals surface area contributed by atoms with Crippen LogP contribution in [-0.2, 0) is 4.74 Å². The summed E-state index contributed by atoms with van der Waals surface area (Å²) in [6.45, 7) is 5.30. The van der Waals surface area contributed by atoms with Gasteiger partial charge in [-0.15, -0.1) is 0 Å². The Labute approximate surface area is 120 Å². The lowest BCUT2D eigenvalue weighted by molar-refractivity contribution is -0.385. The summed E-state index contributed by atoms with van der Waals surface area (Å²) in [5.74, 6) is -0.193. The van der Waals surface area contributed by atoms with E-state index >= 15 is 0 Å². The van der Waals surface area contributed by atoms with Crippen molar-refractivity contribution in [1.82, 2.24) is 0 Å². The van der Waals surface area contributed by atoms with Crippen molar-refractivity contribution in [3.05, 3.63) is 21.1 Å². The molecule has 1 fully saturated rings. The van der Waals surface area contributed by atoms with Crippen molar-refractivity contribution in [1.29, 1.82) is 0 Å². The SMILES string of the molecule is CC(=O)c1cc([N+](=O)[O-])c(OC2CC(C)OC(C)C2)s1. The van der Waals surface area contributed by atoms with Gasteiger partial charge in [-0.2, -0.15) is 0 Å². The Hall–Kier alpha value is -1.47. The standard InChI is InChI=1S/C13H17NO5S/c1-7-4-10(5-8(2)18-7)19-13-11(14(16)17)6-12(20-13)9(3)15/h6-8,10H,4-5H2,1-3H3. The molecule has 0 bridgehead atoms. The predicted octanol–water partition coefficient (Wildman–Crippen LogP) is 3.19. The number of rotatable bonds is 4. The lowest BCUT2D eigenvalue weighted by Gasteiger charge is -2.31. The fourth-order valence-electron chi connectivity index (χ4n) is 2.34. The first-order valence-corrected chi connectivity index (χ1v) is 7.29. The first kappa shape index (κ1) is 14.9. The van der Waals surface area contributed by atoms with Gasteiger partial charge in [0.15, 0.2) is 5.78 Å². The predicted molar refractivity (Wildman–Crippen MR) is 74.6 cm³/mol. The average molecular weight is 299 g/mol. The molecule has 1 saturated heterocycles. The lowest BCUT2D eigenvalue weighted by Crippen LogP contribution is -2.35. The van der Waals surface area contributed by atoms with Crippen molar-refractivity contribution in [3.63, 3.8) is 0 Å². The Morgan fingerprint density at radius 3 is 2.55 bits per heavy atom. The molecule has 2 atom stereocenters. The van der Waals surface area contributed by atoms with Gasteiger partial charge in [0.2, 0.25) is 0 Å². The van der Waals surface area contributed by atoms with E-state index in [0.717, 1.165) is 11.3 Å². The zero-order chi connectivity index (χ0) is 14.9. The number of hydrogen-bond acceptors (Lipinski definition) is 6. The van der Waals surface area contributed by atoms with Gasteiger partial charge in [0.25, 0.3) is 5.06 Å². The zero-order valence-corrected chi connectivity index (χ0v) is 12.4. The number of ketones is 1. The molecule has 7 heteroatoms. The topological polar surface area (TPSA) is 78.7 Å². The molecule has 1 aromatic rings. The highest BCUT2D eigenvalue weighted by Gasteiger charge is 2.30. The number of nitro groups is 1. The maximum Gasteiger partial charge on any atom is 0.323 e. The van der Waals surface area contributed by atoms with Crippen LogP contribution in [0.5, 0.6) is 5.06 Å². The van der Waals surface area contributed by atoms with Crippen LogP contribution >= 0.6 is 11.3 Å². The molecule has 2 unspecified atom stereocenters. The van der Waals surface area contributed by atoms with E-state index in [9.17, 15) is 14.9 Å². The Balaban J connectivity index is 2.19. The second-order valence-corrected chi connectivity index (χ2v) is 6.08. The molecule has 1 aliphatic rings. The molecule has 1 aromatic heterocycles. The number of hydrogen-bond donors (Lipinski definition) is 0. The number of nitrogens with zero attached hydrogens (tertiary/aromatic N) is 1. The average Bonchev–Trinajstić information content (AvgIpc) is 2.71. The fourth-order valence-corrected chi connectivity index (χ4v) is 3.28. The Morgan fingerprint density at radius 1 is 1.45 bits per heavy atom. The quantitative estimate of drug-likeness (QED) is 0.484. The molecule has 0 N–H and O–H groups in total. The van der Waals surface area contributed by atoms with Gasteiger partial charge >= 0.3 is 5.69 Å². The van der Waals surface area contributed by atoms with E-state index in [1.807, 2.05) is 13.8 Å². The summed E-state index contributed by atoms with van der Waals surface area (Å²) in [5.41, 5.74) is -0.132. The lowest BCUT2D eigenvalue weighted by atomic mass is 10.0. The molecule has 2 heterocycles. The number of Topliss-reactive ketones (excluding diaryl/α,β-unsaturated/α-hetero) is 1. The molecule has 0 aromatic carbocycles. The molecule has 20 heavy (non-hydrogen) atoms. The van der Waals surface area contributed by atoms with E-state index in [1.54, 1.807) is 0 Å². The maximum atomic E-state index is 11.3. The molecule has 0 saturated carbocycles. The van der Waals surface area contributed by atoms with Crippen molar-refractivity contribution in [2.45, 2.75) is 51.9 Å². The minimum absolute atomic E-state index is 0.0649. The molecule has 0 radical (unpaired) electrons. The summed E-state index contributed by atoms with van der Waals surface area (Å²) in [6, 6.07) is 1.29. The third kappa shape index (κ3) is 3.34. The summed E-state index contributed by atoms with van der Waals surface area (Å²) in [5, 5.41) is 11.2. The van der Waals surface area contributed by atoms with E-state index in [1.165, 1.54) is 13.0 Å². The van der Waals surface area contributed by atoms with E-state index in [2.05, 4.69) is 0 Å². The monoisotopic (exact) mass is 299 g/mol. The molecule has 0 spiro atoms. The molecule has 110 valence electrons. The van der Waals surface area contributed by atoms with E-state index in [-0.39, 0.29) is 34.8 Å². The van der Waals surface area contributed by atoms with Gasteiger partial charge in [-0.25, -0.2) is 0 Å². The van der Waals surface area contributed by atoms with Crippen molar-refractivity contribution < 1.29 is 19.2 Å². The Bertz CT molecular complexity index is 517. The van der Waals surface area contributed by atoms with E-state index < -0.39 is 4.92 Å². The molecule has 1 aliphatic heterocycles. The van der Waals surface area contributed by atoms with Crippen molar-refractivity contribution in [3.8, 4) is 5.06 Å². The molecule has 2 rings (SSSR count). The van der Waals surface area contributed by atoms with Gasteiger partial charge in [0.05, 0.1) is 22.0 Å². The molecule has 0 aliphatic carbocycles.